The molecule has 2 aromatic carbocycles. The van der Waals surface area contributed by atoms with E-state index in [1.165, 1.54) is 12.1 Å². The van der Waals surface area contributed by atoms with Crippen molar-refractivity contribution in [1.29, 1.82) is 0 Å². The Bertz CT molecular complexity index is 1240. The fourth-order valence-electron chi connectivity index (χ4n) is 4.70. The van der Waals surface area contributed by atoms with E-state index in [9.17, 15) is 9.18 Å². The molecule has 7 nitrogen and oxygen atoms in total. The van der Waals surface area contributed by atoms with Crippen LogP contribution in [-0.2, 0) is 7.05 Å². The minimum Gasteiger partial charge on any atom is -0.485 e. The number of aryl methyl sites for hydroxylation is 1. The number of rotatable bonds is 4. The molecule has 34 heavy (non-hydrogen) atoms. The van der Waals surface area contributed by atoms with Crippen molar-refractivity contribution in [3.8, 4) is 11.5 Å². The molecule has 1 saturated carbocycles. The molecule has 0 saturated heterocycles. The van der Waals surface area contributed by atoms with Gasteiger partial charge >= 0.3 is 0 Å². The molecule has 1 aliphatic heterocycles. The first-order chi connectivity index (χ1) is 16.2. The van der Waals surface area contributed by atoms with Crippen molar-refractivity contribution in [2.45, 2.75) is 45.6 Å². The maximum atomic E-state index is 14.4. The molecule has 9 heteroatoms. The molecular formula is C25H28ClFN4O3. The summed E-state index contributed by atoms with van der Waals surface area (Å²) >= 11 is 6.19. The second-order valence-corrected chi connectivity index (χ2v) is 10.2. The second-order valence-electron chi connectivity index (χ2n) is 9.78. The van der Waals surface area contributed by atoms with Crippen LogP contribution in [0.5, 0.6) is 11.5 Å². The van der Waals surface area contributed by atoms with E-state index in [-0.39, 0.29) is 22.7 Å². The number of ether oxygens (including phenoxy) is 2. The van der Waals surface area contributed by atoms with Crippen LogP contribution in [0.3, 0.4) is 0 Å². The average Bonchev–Trinajstić information content (AvgIpc) is 3.12. The molecule has 2 aliphatic rings. The van der Waals surface area contributed by atoms with Crippen LogP contribution in [0, 0.1) is 11.2 Å². The summed E-state index contributed by atoms with van der Waals surface area (Å²) in [5.74, 6) is 0.542. The summed E-state index contributed by atoms with van der Waals surface area (Å²) in [6, 6.07) is 6.30. The minimum atomic E-state index is -0.489. The summed E-state index contributed by atoms with van der Waals surface area (Å²) in [5, 5.41) is 6.39. The van der Waals surface area contributed by atoms with Gasteiger partial charge in [-0.15, -0.1) is 0 Å². The smallest absolute Gasteiger partial charge is 0.255 e. The first kappa shape index (κ1) is 22.8. The fraction of sp³-hybridized carbons (Fsp3) is 0.440. The third-order valence-corrected chi connectivity index (χ3v) is 7.08. The van der Waals surface area contributed by atoms with Crippen LogP contribution in [0.4, 0.5) is 16.0 Å². The monoisotopic (exact) mass is 486 g/mol. The van der Waals surface area contributed by atoms with E-state index in [4.69, 9.17) is 21.1 Å². The number of hydrogen-bond donors (Lipinski definition) is 2. The van der Waals surface area contributed by atoms with E-state index >= 15 is 0 Å². The van der Waals surface area contributed by atoms with Gasteiger partial charge in [-0.25, -0.2) is 9.37 Å². The van der Waals surface area contributed by atoms with E-state index in [1.54, 1.807) is 23.7 Å². The Balaban J connectivity index is 1.51. The summed E-state index contributed by atoms with van der Waals surface area (Å²) in [5.41, 5.74) is 2.03. The summed E-state index contributed by atoms with van der Waals surface area (Å²) in [6.07, 6.45) is 4.04. The van der Waals surface area contributed by atoms with Crippen LogP contribution in [-0.4, -0.2) is 34.7 Å². The molecule has 180 valence electrons. The first-order valence-electron chi connectivity index (χ1n) is 11.5. The standard InChI is InChI=1S/C25H28ClFN4O3/c1-25(2)9-7-14(8-10-25)28-23(32)15-13-18-20(22-21(15)33-11-12-34-22)31(3)24(29-18)30-19-16(26)5-4-6-17(19)27/h4-6,13-14H,7-12H2,1-3H3,(H,28,32)(H,29,30). The first-order valence-corrected chi connectivity index (χ1v) is 11.9. The number of carbonyl (C=O) groups is 1. The number of amides is 1. The molecule has 5 rings (SSSR count). The maximum Gasteiger partial charge on any atom is 0.255 e. The van der Waals surface area contributed by atoms with E-state index in [0.717, 1.165) is 25.7 Å². The molecule has 1 amide bonds. The molecule has 1 fully saturated rings. The lowest BCUT2D eigenvalue weighted by atomic mass is 9.75. The normalized spacial score (nSPS) is 17.6. The summed E-state index contributed by atoms with van der Waals surface area (Å²) < 4.78 is 27.9. The van der Waals surface area contributed by atoms with Crippen LogP contribution >= 0.6 is 11.6 Å². The number of benzene rings is 2. The number of imidazole rings is 1. The Morgan fingerprint density at radius 1 is 1.21 bits per heavy atom. The van der Waals surface area contributed by atoms with Crippen molar-refractivity contribution in [1.82, 2.24) is 14.9 Å². The maximum absolute atomic E-state index is 14.4. The van der Waals surface area contributed by atoms with Gasteiger partial charge in [0.2, 0.25) is 5.95 Å². The van der Waals surface area contributed by atoms with Crippen molar-refractivity contribution in [2.24, 2.45) is 12.5 Å². The quantitative estimate of drug-likeness (QED) is 0.503. The molecule has 3 aromatic rings. The number of aromatic nitrogens is 2. The van der Waals surface area contributed by atoms with Crippen LogP contribution < -0.4 is 20.1 Å². The van der Waals surface area contributed by atoms with Crippen molar-refractivity contribution in [3.63, 3.8) is 0 Å². The number of para-hydroxylation sites is 1. The lowest BCUT2D eigenvalue weighted by Gasteiger charge is -2.34. The number of hydrogen-bond acceptors (Lipinski definition) is 5. The van der Waals surface area contributed by atoms with Gasteiger partial charge in [0.05, 0.1) is 21.8 Å². The summed E-state index contributed by atoms with van der Waals surface area (Å²) in [7, 11) is 1.79. The number of nitrogens with zero attached hydrogens (tertiary/aromatic N) is 2. The Labute approximate surface area is 202 Å². The van der Waals surface area contributed by atoms with Gasteiger partial charge in [-0.2, -0.15) is 0 Å². The highest BCUT2D eigenvalue weighted by Gasteiger charge is 2.31. The number of nitrogens with one attached hydrogen (secondary N) is 2. The zero-order valence-electron chi connectivity index (χ0n) is 19.5. The average molecular weight is 487 g/mol. The number of halogens is 2. The third-order valence-electron chi connectivity index (χ3n) is 6.76. The number of carbonyl (C=O) groups excluding carboxylic acids is 1. The van der Waals surface area contributed by atoms with Gasteiger partial charge in [0.1, 0.15) is 24.5 Å². The van der Waals surface area contributed by atoms with Gasteiger partial charge in [0.15, 0.2) is 11.5 Å². The number of fused-ring (bicyclic) bond motifs is 3. The molecule has 0 bridgehead atoms. The van der Waals surface area contributed by atoms with E-state index < -0.39 is 5.82 Å². The third kappa shape index (κ3) is 4.15. The van der Waals surface area contributed by atoms with Gasteiger partial charge in [0, 0.05) is 13.1 Å². The lowest BCUT2D eigenvalue weighted by molar-refractivity contribution is 0.0899. The van der Waals surface area contributed by atoms with Crippen LogP contribution in [0.15, 0.2) is 24.3 Å². The largest absolute Gasteiger partial charge is 0.485 e. The molecule has 0 unspecified atom stereocenters. The minimum absolute atomic E-state index is 0.125. The molecule has 1 aromatic heterocycles. The van der Waals surface area contributed by atoms with Gasteiger partial charge in [-0.05, 0) is 49.3 Å². The highest BCUT2D eigenvalue weighted by Crippen LogP contribution is 2.43. The van der Waals surface area contributed by atoms with Gasteiger partial charge < -0.3 is 24.7 Å². The molecule has 2 heterocycles. The van der Waals surface area contributed by atoms with Crippen molar-refractivity contribution in [3.05, 3.63) is 40.7 Å². The topological polar surface area (TPSA) is 77.4 Å². The van der Waals surface area contributed by atoms with E-state index in [2.05, 4.69) is 29.5 Å². The van der Waals surface area contributed by atoms with E-state index in [0.29, 0.717) is 52.7 Å². The molecule has 1 aliphatic carbocycles. The Morgan fingerprint density at radius 3 is 2.62 bits per heavy atom. The zero-order valence-corrected chi connectivity index (χ0v) is 20.3. The zero-order chi connectivity index (χ0) is 24.0. The molecular weight excluding hydrogens is 459 g/mol. The van der Waals surface area contributed by atoms with E-state index in [1.807, 2.05) is 0 Å². The Kier molecular flexibility index (Phi) is 5.80. The second kappa shape index (κ2) is 8.65. The predicted molar refractivity (Wildman–Crippen MR) is 130 cm³/mol. The fourth-order valence-corrected chi connectivity index (χ4v) is 4.91. The van der Waals surface area contributed by atoms with Crippen LogP contribution in [0.2, 0.25) is 5.02 Å². The molecule has 0 atom stereocenters. The Hall–Kier alpha value is -3.00. The molecule has 2 N–H and O–H groups in total. The predicted octanol–water partition coefficient (Wildman–Crippen LogP) is 5.58. The highest BCUT2D eigenvalue weighted by atomic mass is 35.5. The van der Waals surface area contributed by atoms with Crippen molar-refractivity contribution in [2.75, 3.05) is 18.5 Å². The lowest BCUT2D eigenvalue weighted by Crippen LogP contribution is -2.39. The SMILES string of the molecule is Cn1c(Nc2c(F)cccc2Cl)nc2cc(C(=O)NC3CCC(C)(C)CC3)c3c(c21)OCCO3. The highest BCUT2D eigenvalue weighted by molar-refractivity contribution is 6.33. The van der Waals surface area contributed by atoms with Crippen molar-refractivity contribution < 1.29 is 18.7 Å². The number of anilines is 2. The summed E-state index contributed by atoms with van der Waals surface area (Å²) in [4.78, 5) is 17.9. The van der Waals surface area contributed by atoms with Crippen LogP contribution in [0.25, 0.3) is 11.0 Å². The molecule has 0 radical (unpaired) electrons. The van der Waals surface area contributed by atoms with Crippen LogP contribution in [0.1, 0.15) is 49.9 Å². The Morgan fingerprint density at radius 2 is 1.91 bits per heavy atom. The molecule has 0 spiro atoms. The van der Waals surface area contributed by atoms with Gasteiger partial charge in [-0.3, -0.25) is 4.79 Å². The van der Waals surface area contributed by atoms with Gasteiger partial charge in [0.25, 0.3) is 5.91 Å². The van der Waals surface area contributed by atoms with Crippen molar-refractivity contribution >= 4 is 40.2 Å². The summed E-state index contributed by atoms with van der Waals surface area (Å²) in [6.45, 7) is 5.24. The van der Waals surface area contributed by atoms with Gasteiger partial charge in [-0.1, -0.05) is 31.5 Å².